The highest BCUT2D eigenvalue weighted by molar-refractivity contribution is 5.26. The van der Waals surface area contributed by atoms with Crippen molar-refractivity contribution in [3.05, 3.63) is 29.8 Å². The molecular formula is C16H24O3. The maximum absolute atomic E-state index is 5.49. The Morgan fingerprint density at radius 2 is 1.53 bits per heavy atom. The average molecular weight is 264 g/mol. The van der Waals surface area contributed by atoms with E-state index in [4.69, 9.17) is 20.6 Å². The summed E-state index contributed by atoms with van der Waals surface area (Å²) >= 11 is 0. The molecule has 1 aromatic rings. The lowest BCUT2D eigenvalue weighted by atomic mass is 10.2. The summed E-state index contributed by atoms with van der Waals surface area (Å²) in [5.41, 5.74) is 1.22. The Balaban J connectivity index is 0.00000154. The first-order valence-electron chi connectivity index (χ1n) is 6.61. The molecular weight excluding hydrogens is 240 g/mol. The molecule has 106 valence electrons. The summed E-state index contributed by atoms with van der Waals surface area (Å²) < 4.78 is 15.9. The molecule has 0 fully saturated rings. The van der Waals surface area contributed by atoms with Gasteiger partial charge in [-0.25, -0.2) is 0 Å². The Bertz CT molecular complexity index is 338. The Morgan fingerprint density at radius 1 is 0.947 bits per heavy atom. The van der Waals surface area contributed by atoms with E-state index in [1.165, 1.54) is 5.56 Å². The number of benzene rings is 1. The highest BCUT2D eigenvalue weighted by atomic mass is 16.5. The van der Waals surface area contributed by atoms with E-state index in [2.05, 4.69) is 5.92 Å². The van der Waals surface area contributed by atoms with Crippen LogP contribution in [0.25, 0.3) is 0 Å². The zero-order valence-electron chi connectivity index (χ0n) is 12.1. The number of ether oxygens (including phenoxy) is 3. The molecule has 0 aliphatic carbocycles. The smallest absolute Gasteiger partial charge is 0.119 e. The molecule has 0 heterocycles. The van der Waals surface area contributed by atoms with Gasteiger partial charge >= 0.3 is 0 Å². The lowest BCUT2D eigenvalue weighted by molar-refractivity contribution is 0.0462. The molecule has 19 heavy (non-hydrogen) atoms. The maximum Gasteiger partial charge on any atom is 0.119 e. The predicted octanol–water partition coefficient (Wildman–Crippen LogP) is 3.07. The van der Waals surface area contributed by atoms with Crippen molar-refractivity contribution in [2.45, 2.75) is 20.8 Å². The van der Waals surface area contributed by atoms with E-state index >= 15 is 0 Å². The largest absolute Gasteiger partial charge is 0.491 e. The molecule has 1 aromatic carbocycles. The summed E-state index contributed by atoms with van der Waals surface area (Å²) in [6.07, 6.45) is 5.03. The molecule has 3 heteroatoms. The molecule has 0 aliphatic heterocycles. The molecule has 1 rings (SSSR count). The van der Waals surface area contributed by atoms with E-state index < -0.39 is 0 Å². The summed E-state index contributed by atoms with van der Waals surface area (Å²) in [5, 5.41) is 0. The first-order chi connectivity index (χ1) is 9.33. The second-order valence-corrected chi connectivity index (χ2v) is 3.53. The van der Waals surface area contributed by atoms with E-state index in [0.29, 0.717) is 33.0 Å². The molecule has 0 bridgehead atoms. The summed E-state index contributed by atoms with van der Waals surface area (Å²) in [6, 6.07) is 7.93. The third-order valence-corrected chi connectivity index (χ3v) is 2.07. The van der Waals surface area contributed by atoms with Gasteiger partial charge in [0.05, 0.1) is 19.8 Å². The summed E-state index contributed by atoms with van der Waals surface area (Å²) in [5.74, 6) is 3.26. The van der Waals surface area contributed by atoms with Crippen molar-refractivity contribution >= 4 is 0 Å². The van der Waals surface area contributed by atoms with Gasteiger partial charge < -0.3 is 14.2 Å². The average Bonchev–Trinajstić information content (AvgIpc) is 2.46. The number of hydrogen-bond acceptors (Lipinski definition) is 3. The van der Waals surface area contributed by atoms with Gasteiger partial charge in [-0.1, -0.05) is 37.5 Å². The first kappa shape index (κ1) is 17.5. The van der Waals surface area contributed by atoms with Gasteiger partial charge in [-0.3, -0.25) is 0 Å². The van der Waals surface area contributed by atoms with E-state index in [9.17, 15) is 0 Å². The minimum atomic E-state index is 0.337. The van der Waals surface area contributed by atoms with Crippen molar-refractivity contribution in [1.29, 1.82) is 0 Å². The van der Waals surface area contributed by atoms with Crippen molar-refractivity contribution in [3.8, 4) is 18.1 Å². The predicted molar refractivity (Wildman–Crippen MR) is 78.5 cm³/mol. The number of hydrogen-bond donors (Lipinski definition) is 0. The highest BCUT2D eigenvalue weighted by Gasteiger charge is 1.93. The fourth-order valence-corrected chi connectivity index (χ4v) is 1.20. The minimum Gasteiger partial charge on any atom is -0.491 e. The summed E-state index contributed by atoms with van der Waals surface area (Å²) in [7, 11) is 0. The van der Waals surface area contributed by atoms with Crippen LogP contribution in [0.2, 0.25) is 0 Å². The van der Waals surface area contributed by atoms with Crippen LogP contribution in [-0.2, 0) is 9.47 Å². The zero-order valence-corrected chi connectivity index (χ0v) is 12.1. The minimum absolute atomic E-state index is 0.337. The van der Waals surface area contributed by atoms with Crippen molar-refractivity contribution in [2.75, 3.05) is 33.0 Å². The van der Waals surface area contributed by atoms with Crippen molar-refractivity contribution < 1.29 is 14.2 Å². The molecule has 0 radical (unpaired) electrons. The lowest BCUT2D eigenvalue weighted by Crippen LogP contribution is -2.10. The molecule has 0 amide bonds. The number of terminal acetylenes is 1. The van der Waals surface area contributed by atoms with Crippen molar-refractivity contribution in [2.24, 2.45) is 0 Å². The van der Waals surface area contributed by atoms with Gasteiger partial charge in [0, 0.05) is 0 Å². The van der Waals surface area contributed by atoms with Gasteiger partial charge in [0.1, 0.15) is 19.0 Å². The Labute approximate surface area is 116 Å². The van der Waals surface area contributed by atoms with Gasteiger partial charge in [-0.05, 0) is 19.1 Å². The van der Waals surface area contributed by atoms with Gasteiger partial charge in [-0.2, -0.15) is 0 Å². The molecule has 0 atom stereocenters. The normalized spacial score (nSPS) is 9.16. The summed E-state index contributed by atoms with van der Waals surface area (Å²) in [6.45, 7) is 8.53. The van der Waals surface area contributed by atoms with Crippen molar-refractivity contribution in [3.63, 3.8) is 0 Å². The van der Waals surface area contributed by atoms with Gasteiger partial charge in [0.25, 0.3) is 0 Å². The fraction of sp³-hybridized carbons (Fsp3) is 0.500. The van der Waals surface area contributed by atoms with Crippen molar-refractivity contribution in [1.82, 2.24) is 0 Å². The maximum atomic E-state index is 5.49. The van der Waals surface area contributed by atoms with Gasteiger partial charge in [0.2, 0.25) is 0 Å². The van der Waals surface area contributed by atoms with E-state index in [0.717, 1.165) is 5.75 Å². The topological polar surface area (TPSA) is 27.7 Å². The number of aryl methyl sites for hydroxylation is 1. The Kier molecular flexibility index (Phi) is 11.9. The quantitative estimate of drug-likeness (QED) is 0.533. The standard InChI is InChI=1S/C14H18O3.C2H6/c1-3-8-15-9-10-16-11-12-17-14-6-4-13(2)5-7-14;1-2/h1,4-7H,8-12H2,2H3;1-2H3. The SMILES string of the molecule is C#CCOCCOCCOc1ccc(C)cc1.CC. The third kappa shape index (κ3) is 10.1. The zero-order chi connectivity index (χ0) is 14.3. The molecule has 0 saturated heterocycles. The van der Waals surface area contributed by atoms with Crippen LogP contribution in [-0.4, -0.2) is 33.0 Å². The molecule has 0 aromatic heterocycles. The van der Waals surface area contributed by atoms with Crippen LogP contribution in [0.3, 0.4) is 0 Å². The van der Waals surface area contributed by atoms with Crippen LogP contribution >= 0.6 is 0 Å². The molecule has 0 N–H and O–H groups in total. The fourth-order valence-electron chi connectivity index (χ4n) is 1.20. The van der Waals surface area contributed by atoms with E-state index in [1.807, 2.05) is 45.0 Å². The Hall–Kier alpha value is -1.50. The monoisotopic (exact) mass is 264 g/mol. The number of rotatable bonds is 8. The lowest BCUT2D eigenvalue weighted by Gasteiger charge is -2.07. The second-order valence-electron chi connectivity index (χ2n) is 3.53. The van der Waals surface area contributed by atoms with Crippen LogP contribution in [0.1, 0.15) is 19.4 Å². The second kappa shape index (κ2) is 12.9. The Morgan fingerprint density at radius 3 is 2.16 bits per heavy atom. The molecule has 0 saturated carbocycles. The van der Waals surface area contributed by atoms with Crippen LogP contribution in [0.5, 0.6) is 5.75 Å². The molecule has 0 aliphatic rings. The van der Waals surface area contributed by atoms with E-state index in [1.54, 1.807) is 0 Å². The summed E-state index contributed by atoms with van der Waals surface area (Å²) in [4.78, 5) is 0. The first-order valence-corrected chi connectivity index (χ1v) is 6.61. The van der Waals surface area contributed by atoms with Crippen LogP contribution in [0, 0.1) is 19.3 Å². The van der Waals surface area contributed by atoms with Gasteiger partial charge in [0.15, 0.2) is 0 Å². The third-order valence-electron chi connectivity index (χ3n) is 2.07. The molecule has 0 spiro atoms. The van der Waals surface area contributed by atoms with Crippen LogP contribution in [0.15, 0.2) is 24.3 Å². The van der Waals surface area contributed by atoms with Gasteiger partial charge in [-0.15, -0.1) is 6.42 Å². The van der Waals surface area contributed by atoms with E-state index in [-0.39, 0.29) is 0 Å². The molecule has 3 nitrogen and oxygen atoms in total. The molecule has 0 unspecified atom stereocenters. The highest BCUT2D eigenvalue weighted by Crippen LogP contribution is 2.10. The van der Waals surface area contributed by atoms with Crippen LogP contribution in [0.4, 0.5) is 0 Å². The van der Waals surface area contributed by atoms with Crippen LogP contribution < -0.4 is 4.74 Å².